The van der Waals surface area contributed by atoms with Gasteiger partial charge in [-0.3, -0.25) is 4.79 Å². The molecule has 0 aliphatic rings. The third-order valence-electron chi connectivity index (χ3n) is 10.0. The molecule has 0 heterocycles. The van der Waals surface area contributed by atoms with Crippen molar-refractivity contribution < 1.29 is 25.2 Å². The number of nitrogens with one attached hydrogen (secondary N) is 7. The quantitative estimate of drug-likeness (QED) is 0.0321. The van der Waals surface area contributed by atoms with Crippen molar-refractivity contribution in [2.24, 2.45) is 11.5 Å². The second-order valence-electron chi connectivity index (χ2n) is 15.2. The van der Waals surface area contributed by atoms with E-state index in [1.807, 2.05) is 48.5 Å². The summed E-state index contributed by atoms with van der Waals surface area (Å²) in [6, 6.07) is 29.5. The molecule has 0 spiro atoms. The highest BCUT2D eigenvalue weighted by Gasteiger charge is 2.14. The van der Waals surface area contributed by atoms with Crippen LogP contribution >= 0.6 is 0 Å². The molecular weight excluding hydrogens is 747 g/mol. The van der Waals surface area contributed by atoms with Crippen molar-refractivity contribution in [2.45, 2.75) is 56.3 Å². The molecule has 4 rings (SSSR count). The molecule has 0 aromatic heterocycles. The normalized spacial score (nSPS) is 13.5. The predicted octanol–water partition coefficient (Wildman–Crippen LogP) is 1.22. The molecule has 59 heavy (non-hydrogen) atoms. The van der Waals surface area contributed by atoms with E-state index in [1.165, 1.54) is 0 Å². The molecule has 0 saturated carbocycles. The minimum Gasteiger partial charge on any atom is -0.508 e. The Bertz CT molecular complexity index is 1710. The summed E-state index contributed by atoms with van der Waals surface area (Å²) in [7, 11) is 0. The van der Waals surface area contributed by atoms with Crippen LogP contribution in [0.5, 0.6) is 23.0 Å². The number of carbonyl (C=O) groups is 1. The van der Waals surface area contributed by atoms with E-state index in [2.05, 4.69) is 37.2 Å². The van der Waals surface area contributed by atoms with E-state index in [0.717, 1.165) is 100 Å². The van der Waals surface area contributed by atoms with Gasteiger partial charge in [0.25, 0.3) is 0 Å². The van der Waals surface area contributed by atoms with Crippen molar-refractivity contribution in [1.29, 1.82) is 0 Å². The SMILES string of the molecule is NC(=O)CCNCC(Cc1ccc(O)cc1)NCCNCC(Cc1ccc(O)cc1)NCCNCC(Cc1ccc(O)cc1)NCCNCC(N)Cc1ccc(O)cc1. The predicted molar refractivity (Wildman–Crippen MR) is 236 cm³/mol. The lowest BCUT2D eigenvalue weighted by molar-refractivity contribution is -0.117. The number of aromatic hydroxyl groups is 4. The maximum absolute atomic E-state index is 11.2. The van der Waals surface area contributed by atoms with Crippen LogP contribution in [0.4, 0.5) is 0 Å². The zero-order valence-electron chi connectivity index (χ0n) is 34.2. The van der Waals surface area contributed by atoms with Crippen LogP contribution in [0.25, 0.3) is 0 Å². The number of benzene rings is 4. The van der Waals surface area contributed by atoms with Crippen LogP contribution in [0.1, 0.15) is 28.7 Å². The Kier molecular flexibility index (Phi) is 21.5. The minimum atomic E-state index is -0.330. The third kappa shape index (κ3) is 20.7. The van der Waals surface area contributed by atoms with Crippen molar-refractivity contribution >= 4 is 5.91 Å². The highest BCUT2D eigenvalue weighted by Crippen LogP contribution is 2.14. The van der Waals surface area contributed by atoms with E-state index in [9.17, 15) is 25.2 Å². The molecule has 0 fully saturated rings. The number of phenols is 4. The molecule has 0 saturated heterocycles. The van der Waals surface area contributed by atoms with Crippen LogP contribution in [-0.4, -0.2) is 122 Å². The number of phenolic OH excluding ortho intramolecular Hbond substituents is 4. The lowest BCUT2D eigenvalue weighted by Gasteiger charge is -2.23. The Morgan fingerprint density at radius 1 is 0.424 bits per heavy atom. The van der Waals surface area contributed by atoms with Crippen LogP contribution in [0.3, 0.4) is 0 Å². The minimum absolute atomic E-state index is 0.0322. The average molecular weight is 814 g/mol. The Morgan fingerprint density at radius 3 is 1.03 bits per heavy atom. The summed E-state index contributed by atoms with van der Waals surface area (Å²) in [5, 5.41) is 63.9. The van der Waals surface area contributed by atoms with Gasteiger partial charge in [-0.05, 0) is 96.5 Å². The van der Waals surface area contributed by atoms with E-state index in [4.69, 9.17) is 11.5 Å². The first-order valence-corrected chi connectivity index (χ1v) is 20.8. The highest BCUT2D eigenvalue weighted by atomic mass is 16.3. The van der Waals surface area contributed by atoms with Crippen LogP contribution in [0.2, 0.25) is 0 Å². The first-order chi connectivity index (χ1) is 28.6. The number of nitrogens with two attached hydrogens (primary N) is 2. The summed E-state index contributed by atoms with van der Waals surface area (Å²) < 4.78 is 0. The van der Waals surface area contributed by atoms with Crippen molar-refractivity contribution in [2.75, 3.05) is 72.0 Å². The van der Waals surface area contributed by atoms with E-state index >= 15 is 0 Å². The van der Waals surface area contributed by atoms with Gasteiger partial charge in [0.2, 0.25) is 5.91 Å². The zero-order valence-corrected chi connectivity index (χ0v) is 34.2. The summed E-state index contributed by atoms with van der Waals surface area (Å²) in [6.45, 7) is 7.96. The number of rotatable bonds is 31. The summed E-state index contributed by atoms with van der Waals surface area (Å²) in [5.74, 6) is 0.661. The van der Waals surface area contributed by atoms with E-state index in [0.29, 0.717) is 19.6 Å². The topological polar surface area (TPSA) is 234 Å². The van der Waals surface area contributed by atoms with E-state index in [1.54, 1.807) is 48.5 Å². The highest BCUT2D eigenvalue weighted by molar-refractivity contribution is 5.73. The molecule has 0 aliphatic heterocycles. The van der Waals surface area contributed by atoms with Gasteiger partial charge in [-0.15, -0.1) is 0 Å². The maximum atomic E-state index is 11.2. The second kappa shape index (κ2) is 27.1. The Labute approximate surface area is 349 Å². The Balaban J connectivity index is 1.21. The van der Waals surface area contributed by atoms with Crippen molar-refractivity contribution in [1.82, 2.24) is 37.2 Å². The molecule has 15 N–H and O–H groups in total. The fourth-order valence-electron chi connectivity index (χ4n) is 6.83. The number of amides is 1. The number of carbonyl (C=O) groups excluding carboxylic acids is 1. The van der Waals surface area contributed by atoms with Gasteiger partial charge in [0.05, 0.1) is 0 Å². The van der Waals surface area contributed by atoms with Gasteiger partial charge in [-0.1, -0.05) is 48.5 Å². The molecule has 4 atom stereocenters. The Hall–Kier alpha value is -4.77. The summed E-state index contributed by atoms with van der Waals surface area (Å²) >= 11 is 0. The summed E-state index contributed by atoms with van der Waals surface area (Å²) in [6.07, 6.45) is 3.39. The molecular formula is C45H67N9O5. The van der Waals surface area contributed by atoms with E-state index in [-0.39, 0.29) is 59.5 Å². The van der Waals surface area contributed by atoms with Gasteiger partial charge in [-0.2, -0.15) is 0 Å². The molecule has 322 valence electrons. The third-order valence-corrected chi connectivity index (χ3v) is 10.0. The molecule has 14 nitrogen and oxygen atoms in total. The van der Waals surface area contributed by atoms with Gasteiger partial charge in [-0.25, -0.2) is 0 Å². The maximum Gasteiger partial charge on any atom is 0.218 e. The second-order valence-corrected chi connectivity index (χ2v) is 15.2. The Morgan fingerprint density at radius 2 is 0.712 bits per heavy atom. The smallest absolute Gasteiger partial charge is 0.218 e. The van der Waals surface area contributed by atoms with Crippen LogP contribution in [-0.2, 0) is 30.5 Å². The molecule has 0 bridgehead atoms. The van der Waals surface area contributed by atoms with Gasteiger partial charge >= 0.3 is 0 Å². The van der Waals surface area contributed by atoms with E-state index < -0.39 is 0 Å². The number of hydrogen-bond donors (Lipinski definition) is 13. The van der Waals surface area contributed by atoms with Gasteiger partial charge < -0.3 is 69.1 Å². The molecule has 0 aliphatic carbocycles. The molecule has 4 aromatic rings. The first-order valence-electron chi connectivity index (χ1n) is 20.8. The van der Waals surface area contributed by atoms with Gasteiger partial charge in [0.15, 0.2) is 0 Å². The van der Waals surface area contributed by atoms with Crippen molar-refractivity contribution in [3.05, 3.63) is 119 Å². The molecule has 14 heteroatoms. The molecule has 4 aromatic carbocycles. The van der Waals surface area contributed by atoms with Crippen molar-refractivity contribution in [3.8, 4) is 23.0 Å². The van der Waals surface area contributed by atoms with Gasteiger partial charge in [0.1, 0.15) is 23.0 Å². The standard InChI is InChI=1S/C45H67N9O5/c46-37(25-33-1-9-41(55)10-2-33)29-49-19-22-52-39(27-35-5-13-43(57)14-6-35)31-51-21-24-54-40(28-36-7-15-44(58)16-8-36)32-50-20-23-53-38(30-48-18-17-45(47)59)26-34-3-11-42(56)12-4-34/h1-16,37-40,48-58H,17-32,46H2,(H2,47,59). The number of hydrogen-bond acceptors (Lipinski definition) is 13. The lowest BCUT2D eigenvalue weighted by Crippen LogP contribution is -2.47. The zero-order chi connectivity index (χ0) is 42.1. The fraction of sp³-hybridized carbons (Fsp3) is 0.444. The van der Waals surface area contributed by atoms with Crippen LogP contribution in [0.15, 0.2) is 97.1 Å². The molecule has 1 amide bonds. The first kappa shape index (κ1) is 46.9. The van der Waals surface area contributed by atoms with Crippen LogP contribution < -0.4 is 48.7 Å². The molecule has 4 unspecified atom stereocenters. The van der Waals surface area contributed by atoms with Crippen LogP contribution in [0, 0.1) is 0 Å². The monoisotopic (exact) mass is 814 g/mol. The number of primary amides is 1. The van der Waals surface area contributed by atoms with Gasteiger partial charge in [0, 0.05) is 103 Å². The lowest BCUT2D eigenvalue weighted by atomic mass is 10.0. The summed E-state index contributed by atoms with van der Waals surface area (Å²) in [4.78, 5) is 11.2. The fourth-order valence-corrected chi connectivity index (χ4v) is 6.83. The largest absolute Gasteiger partial charge is 0.508 e. The van der Waals surface area contributed by atoms with Crippen molar-refractivity contribution in [3.63, 3.8) is 0 Å². The molecule has 0 radical (unpaired) electrons. The summed E-state index contributed by atoms with van der Waals surface area (Å²) in [5.41, 5.74) is 16.1. The average Bonchev–Trinajstić information content (AvgIpc) is 3.21.